The molecule has 2 N–H and O–H groups in total. The lowest BCUT2D eigenvalue weighted by molar-refractivity contribution is 0.559. The van der Waals surface area contributed by atoms with Gasteiger partial charge in [0.2, 0.25) is 0 Å². The van der Waals surface area contributed by atoms with Gasteiger partial charge in [-0.2, -0.15) is 0 Å². The first-order valence-electron chi connectivity index (χ1n) is 5.90. The largest absolute Gasteiger partial charge is 0.328 e. The second-order valence-corrected chi connectivity index (χ2v) is 4.80. The lowest BCUT2D eigenvalue weighted by atomic mass is 10.2. The summed E-state index contributed by atoms with van der Waals surface area (Å²) in [4.78, 5) is 16.6. The Morgan fingerprint density at radius 2 is 2.24 bits per heavy atom. The number of para-hydroxylation sites is 1. The molecule has 3 atom stereocenters. The van der Waals surface area contributed by atoms with Crippen molar-refractivity contribution < 1.29 is 0 Å². The highest BCUT2D eigenvalue weighted by Crippen LogP contribution is 2.44. The summed E-state index contributed by atoms with van der Waals surface area (Å²) < 4.78 is 1.73. The highest BCUT2D eigenvalue weighted by Gasteiger charge is 2.41. The second-order valence-electron chi connectivity index (χ2n) is 4.80. The molecule has 17 heavy (non-hydrogen) atoms. The van der Waals surface area contributed by atoms with Crippen LogP contribution in [0.2, 0.25) is 0 Å². The zero-order chi connectivity index (χ0) is 12.0. The molecule has 1 aromatic carbocycles. The Morgan fingerprint density at radius 3 is 2.94 bits per heavy atom. The van der Waals surface area contributed by atoms with Crippen molar-refractivity contribution in [1.82, 2.24) is 9.55 Å². The molecule has 3 unspecified atom stereocenters. The number of fused-ring (bicyclic) bond motifs is 1. The van der Waals surface area contributed by atoms with Crippen molar-refractivity contribution in [3.05, 3.63) is 40.9 Å². The Kier molecular flexibility index (Phi) is 2.26. The summed E-state index contributed by atoms with van der Waals surface area (Å²) in [5.74, 6) is 0.413. The first-order chi connectivity index (χ1) is 8.18. The number of nitrogens with two attached hydrogens (primary N) is 1. The molecule has 0 spiro atoms. The molecule has 1 fully saturated rings. The van der Waals surface area contributed by atoms with Gasteiger partial charge in [0.15, 0.2) is 0 Å². The fraction of sp³-hybridized carbons (Fsp3) is 0.385. The van der Waals surface area contributed by atoms with Gasteiger partial charge in [-0.05, 0) is 31.4 Å². The molecule has 1 aliphatic carbocycles. The zero-order valence-electron chi connectivity index (χ0n) is 9.71. The minimum Gasteiger partial charge on any atom is -0.328 e. The number of nitrogens with zero attached hydrogens (tertiary/aromatic N) is 2. The van der Waals surface area contributed by atoms with Gasteiger partial charge < -0.3 is 5.73 Å². The molecule has 88 valence electrons. The van der Waals surface area contributed by atoms with Crippen LogP contribution in [-0.4, -0.2) is 15.6 Å². The zero-order valence-corrected chi connectivity index (χ0v) is 9.71. The monoisotopic (exact) mass is 229 g/mol. The summed E-state index contributed by atoms with van der Waals surface area (Å²) in [5.41, 5.74) is 6.65. The van der Waals surface area contributed by atoms with Crippen molar-refractivity contribution in [2.45, 2.75) is 25.4 Å². The molecular weight excluding hydrogens is 214 g/mol. The van der Waals surface area contributed by atoms with Crippen molar-refractivity contribution in [1.29, 1.82) is 0 Å². The molecule has 1 saturated carbocycles. The van der Waals surface area contributed by atoms with E-state index in [-0.39, 0.29) is 17.6 Å². The first-order valence-corrected chi connectivity index (χ1v) is 5.90. The van der Waals surface area contributed by atoms with Crippen LogP contribution in [0.15, 0.2) is 35.4 Å². The Hall–Kier alpha value is -1.68. The molecule has 1 aliphatic rings. The summed E-state index contributed by atoms with van der Waals surface area (Å²) in [7, 11) is 0. The Labute approximate surface area is 99.1 Å². The van der Waals surface area contributed by atoms with Crippen molar-refractivity contribution in [2.75, 3.05) is 0 Å². The molecule has 0 saturated heterocycles. The summed E-state index contributed by atoms with van der Waals surface area (Å²) in [6.07, 6.45) is 2.63. The molecule has 0 bridgehead atoms. The van der Waals surface area contributed by atoms with Gasteiger partial charge in [-0.1, -0.05) is 12.1 Å². The van der Waals surface area contributed by atoms with Gasteiger partial charge in [-0.25, -0.2) is 4.98 Å². The number of rotatable bonds is 2. The molecule has 0 aliphatic heterocycles. The number of hydrogen-bond donors (Lipinski definition) is 1. The average Bonchev–Trinajstić information content (AvgIpc) is 3.10. The topological polar surface area (TPSA) is 60.9 Å². The van der Waals surface area contributed by atoms with Crippen LogP contribution in [0.3, 0.4) is 0 Å². The SMILES string of the molecule is CC(N)C1CC1n1cnc2ccccc2c1=O. The quantitative estimate of drug-likeness (QED) is 0.844. The van der Waals surface area contributed by atoms with E-state index in [9.17, 15) is 4.79 Å². The van der Waals surface area contributed by atoms with Gasteiger partial charge in [-0.3, -0.25) is 9.36 Å². The predicted octanol–water partition coefficient (Wildman–Crippen LogP) is 1.30. The third-order valence-electron chi connectivity index (χ3n) is 3.53. The van der Waals surface area contributed by atoms with E-state index in [0.717, 1.165) is 11.9 Å². The Bertz CT molecular complexity index is 617. The van der Waals surface area contributed by atoms with E-state index in [1.807, 2.05) is 31.2 Å². The highest BCUT2D eigenvalue weighted by molar-refractivity contribution is 5.76. The van der Waals surface area contributed by atoms with Crippen LogP contribution in [0.1, 0.15) is 19.4 Å². The lowest BCUT2D eigenvalue weighted by Crippen LogP contribution is -2.24. The van der Waals surface area contributed by atoms with Gasteiger partial charge >= 0.3 is 0 Å². The molecule has 4 heteroatoms. The van der Waals surface area contributed by atoms with Crippen LogP contribution in [0.25, 0.3) is 10.9 Å². The van der Waals surface area contributed by atoms with Crippen molar-refractivity contribution in [2.24, 2.45) is 11.7 Å². The predicted molar refractivity (Wildman–Crippen MR) is 66.8 cm³/mol. The van der Waals surface area contributed by atoms with Crippen LogP contribution in [0.5, 0.6) is 0 Å². The van der Waals surface area contributed by atoms with E-state index in [4.69, 9.17) is 5.73 Å². The smallest absolute Gasteiger partial charge is 0.261 e. The van der Waals surface area contributed by atoms with Gasteiger partial charge in [0, 0.05) is 12.1 Å². The Morgan fingerprint density at radius 1 is 1.47 bits per heavy atom. The lowest BCUT2D eigenvalue weighted by Gasteiger charge is -2.07. The van der Waals surface area contributed by atoms with E-state index in [2.05, 4.69) is 4.98 Å². The van der Waals surface area contributed by atoms with E-state index in [1.54, 1.807) is 10.9 Å². The van der Waals surface area contributed by atoms with Crippen LogP contribution < -0.4 is 11.3 Å². The molecule has 1 aromatic heterocycles. The molecule has 4 nitrogen and oxygen atoms in total. The maximum atomic E-state index is 12.3. The number of benzene rings is 1. The first kappa shape index (κ1) is 10.5. The fourth-order valence-electron chi connectivity index (χ4n) is 2.40. The van der Waals surface area contributed by atoms with Gasteiger partial charge in [0.05, 0.1) is 17.2 Å². The van der Waals surface area contributed by atoms with E-state index < -0.39 is 0 Å². The third kappa shape index (κ3) is 1.65. The molecule has 2 aromatic rings. The maximum Gasteiger partial charge on any atom is 0.261 e. The molecule has 1 heterocycles. The molecule has 0 amide bonds. The van der Waals surface area contributed by atoms with Gasteiger partial charge in [-0.15, -0.1) is 0 Å². The minimum atomic E-state index is 0.0451. The normalized spacial score (nSPS) is 24.8. The van der Waals surface area contributed by atoms with Crippen molar-refractivity contribution >= 4 is 10.9 Å². The summed E-state index contributed by atoms with van der Waals surface area (Å²) >= 11 is 0. The second kappa shape index (κ2) is 3.67. The number of aromatic nitrogens is 2. The third-order valence-corrected chi connectivity index (χ3v) is 3.53. The maximum absolute atomic E-state index is 12.3. The fourth-order valence-corrected chi connectivity index (χ4v) is 2.40. The summed E-state index contributed by atoms with van der Waals surface area (Å²) in [5, 5.41) is 0.685. The van der Waals surface area contributed by atoms with Crippen LogP contribution in [-0.2, 0) is 0 Å². The standard InChI is InChI=1S/C13H15N3O/c1-8(14)10-6-12(10)16-7-15-11-5-3-2-4-9(11)13(16)17/h2-5,7-8,10,12H,6,14H2,1H3. The number of hydrogen-bond acceptors (Lipinski definition) is 3. The summed E-state index contributed by atoms with van der Waals surface area (Å²) in [6.45, 7) is 1.99. The summed E-state index contributed by atoms with van der Waals surface area (Å²) in [6, 6.07) is 7.81. The molecule has 0 radical (unpaired) electrons. The van der Waals surface area contributed by atoms with E-state index in [1.165, 1.54) is 0 Å². The van der Waals surface area contributed by atoms with Gasteiger partial charge in [0.1, 0.15) is 0 Å². The van der Waals surface area contributed by atoms with E-state index >= 15 is 0 Å². The van der Waals surface area contributed by atoms with E-state index in [0.29, 0.717) is 11.3 Å². The van der Waals surface area contributed by atoms with Crippen LogP contribution >= 0.6 is 0 Å². The average molecular weight is 229 g/mol. The highest BCUT2D eigenvalue weighted by atomic mass is 16.1. The van der Waals surface area contributed by atoms with Crippen molar-refractivity contribution in [3.8, 4) is 0 Å². The molecular formula is C13H15N3O. The minimum absolute atomic E-state index is 0.0451. The Balaban J connectivity index is 2.08. The van der Waals surface area contributed by atoms with Crippen LogP contribution in [0.4, 0.5) is 0 Å². The van der Waals surface area contributed by atoms with Gasteiger partial charge in [0.25, 0.3) is 5.56 Å². The molecule has 3 rings (SSSR count). The van der Waals surface area contributed by atoms with Crippen molar-refractivity contribution in [3.63, 3.8) is 0 Å². The van der Waals surface area contributed by atoms with Crippen LogP contribution in [0, 0.1) is 5.92 Å².